The Bertz CT molecular complexity index is 786. The number of quaternary nitrogens is 1. The molecule has 0 aliphatic carbocycles. The molecule has 4 rings (SSSR count). The van der Waals surface area contributed by atoms with Crippen molar-refractivity contribution < 1.29 is 14.1 Å². The first-order valence-electron chi connectivity index (χ1n) is 9.38. The van der Waals surface area contributed by atoms with E-state index in [0.717, 1.165) is 44.7 Å². The summed E-state index contributed by atoms with van der Waals surface area (Å²) in [6.07, 6.45) is 1.02. The maximum absolute atomic E-state index is 13.8. The van der Waals surface area contributed by atoms with Crippen molar-refractivity contribution in [3.63, 3.8) is 0 Å². The standard InChI is InChI=1S/C21H24FN3O/c22-19-7-3-1-6-18(19)15-23-11-13-24(14-12-23)21(26)16-25-10-9-17-5-2-4-8-20(17)25/h1-8H,9-16H2/p+1. The van der Waals surface area contributed by atoms with Crippen LogP contribution in [0, 0.1) is 5.82 Å². The fraction of sp³-hybridized carbons (Fsp3) is 0.381. The molecular weight excluding hydrogens is 329 g/mol. The van der Waals surface area contributed by atoms with Crippen molar-refractivity contribution in [3.8, 4) is 0 Å². The molecule has 2 heterocycles. The molecule has 2 aliphatic heterocycles. The zero-order valence-electron chi connectivity index (χ0n) is 15.0. The Kier molecular flexibility index (Phi) is 4.89. The third kappa shape index (κ3) is 3.58. The normalized spacial score (nSPS) is 17.4. The topological polar surface area (TPSA) is 28.0 Å². The highest BCUT2D eigenvalue weighted by atomic mass is 19.1. The Hall–Kier alpha value is -2.40. The zero-order valence-corrected chi connectivity index (χ0v) is 15.0. The zero-order chi connectivity index (χ0) is 17.9. The van der Waals surface area contributed by atoms with Crippen LogP contribution in [-0.2, 0) is 17.8 Å². The summed E-state index contributed by atoms with van der Waals surface area (Å²) in [5.74, 6) is 0.0675. The van der Waals surface area contributed by atoms with Crippen LogP contribution in [0.3, 0.4) is 0 Å². The van der Waals surface area contributed by atoms with Crippen LogP contribution in [0.4, 0.5) is 10.1 Å². The van der Waals surface area contributed by atoms with Crippen LogP contribution in [0.5, 0.6) is 0 Å². The van der Waals surface area contributed by atoms with E-state index in [0.29, 0.717) is 13.1 Å². The van der Waals surface area contributed by atoms with Gasteiger partial charge in [-0.3, -0.25) is 4.79 Å². The molecule has 5 heteroatoms. The lowest BCUT2D eigenvalue weighted by Crippen LogP contribution is -3.13. The summed E-state index contributed by atoms with van der Waals surface area (Å²) < 4.78 is 13.8. The van der Waals surface area contributed by atoms with E-state index in [1.807, 2.05) is 23.1 Å². The van der Waals surface area contributed by atoms with Gasteiger partial charge in [0, 0.05) is 17.8 Å². The molecule has 0 radical (unpaired) electrons. The van der Waals surface area contributed by atoms with E-state index in [1.165, 1.54) is 22.2 Å². The molecule has 0 saturated carbocycles. The van der Waals surface area contributed by atoms with Gasteiger partial charge in [-0.25, -0.2) is 4.39 Å². The second-order valence-corrected chi connectivity index (χ2v) is 7.20. The smallest absolute Gasteiger partial charge is 0.242 e. The van der Waals surface area contributed by atoms with Gasteiger partial charge in [0.1, 0.15) is 12.4 Å². The number of amides is 1. The van der Waals surface area contributed by atoms with Crippen molar-refractivity contribution >= 4 is 11.6 Å². The molecule has 4 nitrogen and oxygen atoms in total. The van der Waals surface area contributed by atoms with E-state index >= 15 is 0 Å². The molecule has 2 aromatic rings. The summed E-state index contributed by atoms with van der Waals surface area (Å²) in [7, 11) is 0. The Balaban J connectivity index is 1.30. The number of fused-ring (bicyclic) bond motifs is 1. The van der Waals surface area contributed by atoms with Gasteiger partial charge >= 0.3 is 0 Å². The van der Waals surface area contributed by atoms with Crippen LogP contribution in [0.25, 0.3) is 0 Å². The van der Waals surface area contributed by atoms with Crippen molar-refractivity contribution in [1.29, 1.82) is 0 Å². The minimum Gasteiger partial charge on any atom is -0.362 e. The molecule has 1 N–H and O–H groups in total. The number of benzene rings is 2. The number of rotatable bonds is 4. The summed E-state index contributed by atoms with van der Waals surface area (Å²) in [6, 6.07) is 15.3. The lowest BCUT2D eigenvalue weighted by atomic mass is 10.2. The van der Waals surface area contributed by atoms with Gasteiger partial charge in [-0.2, -0.15) is 0 Å². The fourth-order valence-electron chi connectivity index (χ4n) is 3.99. The molecule has 0 spiro atoms. The summed E-state index contributed by atoms with van der Waals surface area (Å²) in [6.45, 7) is 5.31. The van der Waals surface area contributed by atoms with E-state index in [1.54, 1.807) is 6.07 Å². The maximum atomic E-state index is 13.8. The van der Waals surface area contributed by atoms with Crippen LogP contribution in [-0.4, -0.2) is 50.1 Å². The van der Waals surface area contributed by atoms with Crippen LogP contribution in [0.1, 0.15) is 11.1 Å². The van der Waals surface area contributed by atoms with Crippen LogP contribution in [0.15, 0.2) is 48.5 Å². The molecule has 1 fully saturated rings. The van der Waals surface area contributed by atoms with Crippen molar-refractivity contribution in [1.82, 2.24) is 4.90 Å². The first-order chi connectivity index (χ1) is 12.7. The van der Waals surface area contributed by atoms with Gasteiger partial charge in [0.05, 0.1) is 32.7 Å². The number of hydrogen-bond donors (Lipinski definition) is 1. The van der Waals surface area contributed by atoms with Crippen molar-refractivity contribution in [3.05, 3.63) is 65.5 Å². The first-order valence-corrected chi connectivity index (χ1v) is 9.38. The van der Waals surface area contributed by atoms with Crippen LogP contribution < -0.4 is 9.80 Å². The predicted octanol–water partition coefficient (Wildman–Crippen LogP) is 1.12. The lowest BCUT2D eigenvalue weighted by molar-refractivity contribution is -0.917. The second kappa shape index (κ2) is 7.46. The van der Waals surface area contributed by atoms with Crippen molar-refractivity contribution in [2.24, 2.45) is 0 Å². The van der Waals surface area contributed by atoms with Gasteiger partial charge in [0.2, 0.25) is 5.91 Å². The van der Waals surface area contributed by atoms with Gasteiger partial charge < -0.3 is 14.7 Å². The van der Waals surface area contributed by atoms with Gasteiger partial charge in [0.25, 0.3) is 0 Å². The van der Waals surface area contributed by atoms with E-state index in [-0.39, 0.29) is 11.7 Å². The van der Waals surface area contributed by atoms with E-state index in [2.05, 4.69) is 23.1 Å². The van der Waals surface area contributed by atoms with Gasteiger partial charge in [-0.1, -0.05) is 36.4 Å². The molecule has 1 amide bonds. The number of para-hydroxylation sites is 1. The maximum Gasteiger partial charge on any atom is 0.242 e. The summed E-state index contributed by atoms with van der Waals surface area (Å²) in [5.41, 5.74) is 3.29. The van der Waals surface area contributed by atoms with Gasteiger partial charge in [0.15, 0.2) is 0 Å². The highest BCUT2D eigenvalue weighted by Crippen LogP contribution is 2.27. The quantitative estimate of drug-likeness (QED) is 0.891. The lowest BCUT2D eigenvalue weighted by Gasteiger charge is -2.33. The highest BCUT2D eigenvalue weighted by molar-refractivity contribution is 5.82. The van der Waals surface area contributed by atoms with Gasteiger partial charge in [-0.05, 0) is 24.1 Å². The summed E-state index contributed by atoms with van der Waals surface area (Å²) in [5, 5.41) is 0. The number of carbonyl (C=O) groups excluding carboxylic acids is 1. The molecule has 136 valence electrons. The predicted molar refractivity (Wildman–Crippen MR) is 99.7 cm³/mol. The second-order valence-electron chi connectivity index (χ2n) is 7.20. The third-order valence-corrected chi connectivity index (χ3v) is 5.53. The molecule has 0 aromatic heterocycles. The molecular formula is C21H25FN3O+. The Labute approximate surface area is 153 Å². The number of nitrogens with zero attached hydrogens (tertiary/aromatic N) is 2. The minimum absolute atomic E-state index is 0.133. The Morgan fingerprint density at radius 2 is 1.73 bits per heavy atom. The average Bonchev–Trinajstić information content (AvgIpc) is 3.07. The number of hydrogen-bond acceptors (Lipinski definition) is 2. The molecule has 2 aromatic carbocycles. The SMILES string of the molecule is O=C(CN1CCc2ccccc21)N1CC[NH+](Cc2ccccc2F)CC1. The monoisotopic (exact) mass is 354 g/mol. The van der Waals surface area contributed by atoms with E-state index < -0.39 is 0 Å². The number of nitrogens with one attached hydrogen (secondary N) is 1. The van der Waals surface area contributed by atoms with E-state index in [9.17, 15) is 9.18 Å². The molecule has 0 atom stereocenters. The molecule has 1 saturated heterocycles. The molecule has 0 bridgehead atoms. The third-order valence-electron chi connectivity index (χ3n) is 5.53. The molecule has 2 aliphatic rings. The average molecular weight is 354 g/mol. The van der Waals surface area contributed by atoms with Crippen LogP contribution in [0.2, 0.25) is 0 Å². The number of piperazine rings is 1. The Morgan fingerprint density at radius 1 is 1.00 bits per heavy atom. The highest BCUT2D eigenvalue weighted by Gasteiger charge is 2.27. The molecule has 26 heavy (non-hydrogen) atoms. The summed E-state index contributed by atoms with van der Waals surface area (Å²) in [4.78, 5) is 18.2. The van der Waals surface area contributed by atoms with Crippen LogP contribution >= 0.6 is 0 Å². The molecule has 0 unspecified atom stereocenters. The number of halogens is 1. The minimum atomic E-state index is -0.133. The van der Waals surface area contributed by atoms with Crippen molar-refractivity contribution in [2.75, 3.05) is 44.2 Å². The summed E-state index contributed by atoms with van der Waals surface area (Å²) >= 11 is 0. The van der Waals surface area contributed by atoms with Gasteiger partial charge in [-0.15, -0.1) is 0 Å². The largest absolute Gasteiger partial charge is 0.362 e. The first kappa shape index (κ1) is 17.0. The van der Waals surface area contributed by atoms with E-state index in [4.69, 9.17) is 0 Å². The fourth-order valence-corrected chi connectivity index (χ4v) is 3.99. The Morgan fingerprint density at radius 3 is 2.54 bits per heavy atom. The van der Waals surface area contributed by atoms with Crippen molar-refractivity contribution in [2.45, 2.75) is 13.0 Å². The number of anilines is 1. The number of carbonyl (C=O) groups is 1.